The fourth-order valence-electron chi connectivity index (χ4n) is 4.21. The van der Waals surface area contributed by atoms with E-state index in [1.54, 1.807) is 0 Å². The molecule has 5 atom stereocenters. The summed E-state index contributed by atoms with van der Waals surface area (Å²) in [4.78, 5) is 34.8. The predicted molar refractivity (Wildman–Crippen MR) is 133 cm³/mol. The number of anilines is 1. The van der Waals surface area contributed by atoms with Crippen molar-refractivity contribution >= 4 is 42.2 Å². The summed E-state index contributed by atoms with van der Waals surface area (Å²) in [6.45, 7) is 8.94. The molecule has 0 aliphatic carbocycles. The van der Waals surface area contributed by atoms with Crippen LogP contribution >= 0.6 is 20.0 Å². The number of nitrogens with two attached hydrogens (primary N) is 1. The fraction of sp³-hybridized carbons (Fsp3) is 0.714. The summed E-state index contributed by atoms with van der Waals surface area (Å²) in [5.41, 5.74) is 2.81. The van der Waals surface area contributed by atoms with Gasteiger partial charge in [-0.25, -0.2) is 4.98 Å². The Bertz CT molecular complexity index is 1170. The van der Waals surface area contributed by atoms with Crippen LogP contribution in [0.25, 0.3) is 11.2 Å². The molecule has 1 aliphatic heterocycles. The number of hydrogen-bond acceptors (Lipinski definition) is 12. The maximum atomic E-state index is 12.4. The number of aromatic amines is 1. The average molecular weight is 547 g/mol. The van der Waals surface area contributed by atoms with Gasteiger partial charge in [0.1, 0.15) is 31.0 Å². The van der Waals surface area contributed by atoms with Crippen molar-refractivity contribution in [3.05, 3.63) is 16.7 Å². The number of nitrogen functional groups attached to an aromatic ring is 1. The minimum Gasteiger partial charge on any atom is -0.387 e. The molecule has 0 amide bonds. The normalized spacial score (nSPS) is 25.1. The van der Waals surface area contributed by atoms with E-state index in [-0.39, 0.29) is 35.4 Å². The van der Waals surface area contributed by atoms with Crippen molar-refractivity contribution in [2.24, 2.45) is 11.3 Å². The number of H-pyrrole nitrogens is 1. The molecule has 1 aliphatic rings. The van der Waals surface area contributed by atoms with Gasteiger partial charge in [-0.1, -0.05) is 39.5 Å². The highest BCUT2D eigenvalue weighted by Gasteiger charge is 2.54. The molecule has 5 unspecified atom stereocenters. The second-order valence-electron chi connectivity index (χ2n) is 9.94. The number of aromatic nitrogens is 4. The highest BCUT2D eigenvalue weighted by molar-refractivity contribution is 8.13. The van der Waals surface area contributed by atoms with Gasteiger partial charge in [-0.15, -0.1) is 9.05 Å². The van der Waals surface area contributed by atoms with E-state index in [0.717, 1.165) is 18.2 Å². The van der Waals surface area contributed by atoms with Gasteiger partial charge in [0, 0.05) is 15.7 Å². The number of imidazole rings is 1. The van der Waals surface area contributed by atoms with E-state index in [9.17, 15) is 24.4 Å². The Labute approximate surface area is 213 Å². The number of carbonyl (C=O) groups excluding carboxylic acids is 1. The second-order valence-corrected chi connectivity index (χ2v) is 12.0. The smallest absolute Gasteiger partial charge is 0.387 e. The van der Waals surface area contributed by atoms with Gasteiger partial charge in [0.25, 0.3) is 5.56 Å². The molecule has 0 bridgehead atoms. The van der Waals surface area contributed by atoms with Gasteiger partial charge >= 0.3 is 8.25 Å². The van der Waals surface area contributed by atoms with Gasteiger partial charge in [-0.05, 0) is 19.3 Å². The molecule has 0 saturated carbocycles. The van der Waals surface area contributed by atoms with E-state index >= 15 is 0 Å². The van der Waals surface area contributed by atoms with Gasteiger partial charge in [-0.2, -0.15) is 4.98 Å². The van der Waals surface area contributed by atoms with E-state index in [0.29, 0.717) is 11.7 Å². The Morgan fingerprint density at radius 2 is 2.14 bits per heavy atom. The first-order chi connectivity index (χ1) is 16.7. The minimum absolute atomic E-state index is 0.0155. The number of fused-ring (bicyclic) bond motifs is 1. The number of nitrogens with one attached hydrogen (secondary N) is 1. The summed E-state index contributed by atoms with van der Waals surface area (Å²) in [7, 11) is -2.56. The summed E-state index contributed by atoms with van der Waals surface area (Å²) in [5, 5.41) is 21.6. The Morgan fingerprint density at radius 1 is 1.44 bits per heavy atom. The van der Waals surface area contributed by atoms with E-state index < -0.39 is 43.3 Å². The molecule has 0 radical (unpaired) electrons. The van der Waals surface area contributed by atoms with Crippen molar-refractivity contribution in [2.45, 2.75) is 65.1 Å². The Kier molecular flexibility index (Phi) is 8.92. The SMILES string of the molecule is CC(C)CC(C)(C)C(=O)SCCO[P+](=O)OCC1OC(n2cnc3c(=O)[nH]c(N)nc32)C(C)(O)C1O. The lowest BCUT2D eigenvalue weighted by Gasteiger charge is -2.27. The average Bonchev–Trinajstić information content (AvgIpc) is 3.27. The van der Waals surface area contributed by atoms with E-state index in [4.69, 9.17) is 19.5 Å². The number of carbonyl (C=O) groups is 1. The molecule has 1 fully saturated rings. The van der Waals surface area contributed by atoms with Crippen LogP contribution in [0.5, 0.6) is 0 Å². The molecule has 200 valence electrons. The van der Waals surface area contributed by atoms with Crippen LogP contribution in [0.15, 0.2) is 11.1 Å². The second kappa shape index (κ2) is 11.2. The number of hydrogen-bond donors (Lipinski definition) is 4. The molecule has 36 heavy (non-hydrogen) atoms. The van der Waals surface area contributed by atoms with E-state index in [1.165, 1.54) is 17.8 Å². The van der Waals surface area contributed by atoms with Crippen LogP contribution in [0.4, 0.5) is 5.95 Å². The van der Waals surface area contributed by atoms with Crippen LogP contribution in [0.3, 0.4) is 0 Å². The van der Waals surface area contributed by atoms with Gasteiger partial charge < -0.3 is 20.7 Å². The van der Waals surface area contributed by atoms with Crippen molar-refractivity contribution in [3.8, 4) is 0 Å². The first kappa shape index (κ1) is 28.6. The van der Waals surface area contributed by atoms with E-state index in [2.05, 4.69) is 28.8 Å². The van der Waals surface area contributed by atoms with E-state index in [1.807, 2.05) is 13.8 Å². The Morgan fingerprint density at radius 3 is 2.81 bits per heavy atom. The quantitative estimate of drug-likeness (QED) is 0.236. The Balaban J connectivity index is 1.53. The lowest BCUT2D eigenvalue weighted by atomic mass is 9.85. The zero-order valence-corrected chi connectivity index (χ0v) is 22.5. The third-order valence-corrected chi connectivity index (χ3v) is 7.73. The number of nitrogens with zero attached hydrogens (tertiary/aromatic N) is 3. The van der Waals surface area contributed by atoms with Gasteiger partial charge in [0.05, 0.1) is 6.33 Å². The summed E-state index contributed by atoms with van der Waals surface area (Å²) >= 11 is 1.12. The van der Waals surface area contributed by atoms with Crippen LogP contribution in [0.2, 0.25) is 0 Å². The highest BCUT2D eigenvalue weighted by Crippen LogP contribution is 2.40. The third-order valence-electron chi connectivity index (χ3n) is 5.79. The van der Waals surface area contributed by atoms with Crippen molar-refractivity contribution < 1.29 is 33.4 Å². The van der Waals surface area contributed by atoms with Crippen molar-refractivity contribution in [3.63, 3.8) is 0 Å². The first-order valence-corrected chi connectivity index (χ1v) is 13.5. The lowest BCUT2D eigenvalue weighted by Crippen LogP contribution is -2.44. The zero-order chi connectivity index (χ0) is 26.8. The Hall–Kier alpha value is -1.93. The topological polar surface area (TPSA) is 192 Å². The fourth-order valence-corrected chi connectivity index (χ4v) is 5.74. The molecule has 3 heterocycles. The summed E-state index contributed by atoms with van der Waals surface area (Å²) in [6.07, 6.45) is -1.68. The van der Waals surface area contributed by atoms with Crippen molar-refractivity contribution in [1.82, 2.24) is 19.5 Å². The molecular weight excluding hydrogens is 513 g/mol. The first-order valence-electron chi connectivity index (χ1n) is 11.4. The van der Waals surface area contributed by atoms with Crippen molar-refractivity contribution in [2.75, 3.05) is 24.7 Å². The molecule has 2 aromatic rings. The summed E-state index contributed by atoms with van der Waals surface area (Å²) in [6, 6.07) is 0. The third kappa shape index (κ3) is 6.31. The maximum Gasteiger partial charge on any atom is 0.697 e. The molecule has 2 aromatic heterocycles. The molecule has 0 aromatic carbocycles. The lowest BCUT2D eigenvalue weighted by molar-refractivity contribution is -0.118. The molecule has 13 nitrogen and oxygen atoms in total. The molecule has 1 saturated heterocycles. The van der Waals surface area contributed by atoms with Crippen LogP contribution in [0, 0.1) is 11.3 Å². The molecule has 15 heteroatoms. The van der Waals surface area contributed by atoms with Gasteiger partial charge in [0.15, 0.2) is 22.5 Å². The van der Waals surface area contributed by atoms with Crippen LogP contribution in [0.1, 0.15) is 47.3 Å². The zero-order valence-electron chi connectivity index (χ0n) is 20.8. The van der Waals surface area contributed by atoms with Crippen molar-refractivity contribution in [1.29, 1.82) is 0 Å². The number of aliphatic hydroxyl groups is 2. The van der Waals surface area contributed by atoms with Gasteiger partial charge in [-0.3, -0.25) is 19.1 Å². The van der Waals surface area contributed by atoms with Crippen LogP contribution in [-0.4, -0.2) is 71.6 Å². The number of ether oxygens (including phenoxy) is 1. The number of aliphatic hydroxyl groups excluding tert-OH is 1. The molecule has 5 N–H and O–H groups in total. The number of rotatable bonds is 11. The maximum absolute atomic E-state index is 12.4. The molecular formula is C21H33N5O8PS+. The standard InChI is InChI=1S/C21H32N5O8PS/c1-11(2)8-20(3,4)18(29)36-7-6-32-35(31)33-9-12-14(27)21(5,30)17(34-12)26-10-23-13-15(26)24-19(22)25-16(13)28/h10-12,14,17,27,30H,6-9H2,1-5H3,(H2-,22,24,25,28)/p+1. The predicted octanol–water partition coefficient (Wildman–Crippen LogP) is 1.73. The summed E-state index contributed by atoms with van der Waals surface area (Å²) in [5.74, 6) is 0.555. The van der Waals surface area contributed by atoms with Crippen LogP contribution in [-0.2, 0) is 23.1 Å². The largest absolute Gasteiger partial charge is 0.697 e. The number of thioether (sulfide) groups is 1. The van der Waals surface area contributed by atoms with Crippen LogP contribution < -0.4 is 11.3 Å². The van der Waals surface area contributed by atoms with Gasteiger partial charge in [0.2, 0.25) is 5.95 Å². The summed E-state index contributed by atoms with van der Waals surface area (Å²) < 4.78 is 29.5. The highest BCUT2D eigenvalue weighted by atomic mass is 32.2. The monoisotopic (exact) mass is 546 g/mol. The minimum atomic E-state index is -2.56. The molecule has 0 spiro atoms. The molecule has 3 rings (SSSR count).